The number of carboxylic acid groups (broad SMARTS) is 1. The van der Waals surface area contributed by atoms with E-state index in [9.17, 15) is 9.90 Å². The summed E-state index contributed by atoms with van der Waals surface area (Å²) < 4.78 is 6.56. The Kier molecular flexibility index (Phi) is 6.66. The first-order valence-electron chi connectivity index (χ1n) is 9.44. The molecule has 0 bridgehead atoms. The number of hydrogen-bond donors (Lipinski definition) is 2. The van der Waals surface area contributed by atoms with Gasteiger partial charge in [0, 0.05) is 25.7 Å². The molecule has 1 aromatic carbocycles. The predicted molar refractivity (Wildman–Crippen MR) is 108 cm³/mol. The third-order valence-electron chi connectivity index (χ3n) is 5.82. The van der Waals surface area contributed by atoms with E-state index in [4.69, 9.17) is 4.43 Å². The second-order valence-electron chi connectivity index (χ2n) is 8.82. The normalized spacial score (nSPS) is 20.3. The van der Waals surface area contributed by atoms with Crippen LogP contribution in [-0.4, -0.2) is 57.1 Å². The lowest BCUT2D eigenvalue weighted by atomic mass is 10.0. The zero-order valence-corrected chi connectivity index (χ0v) is 18.0. The van der Waals surface area contributed by atoms with Crippen LogP contribution in [0.4, 0.5) is 0 Å². The Morgan fingerprint density at radius 2 is 2.12 bits per heavy atom. The maximum atomic E-state index is 11.2. The Bertz CT molecular complexity index is 628. The van der Waals surface area contributed by atoms with Crippen molar-refractivity contribution in [3.63, 3.8) is 0 Å². The molecular weight excluding hydrogens is 344 g/mol. The number of likely N-dealkylation sites (N-methyl/N-ethyl adjacent to an activating group) is 1. The minimum Gasteiger partial charge on any atom is -0.478 e. The standard InChI is InChI=1S/C20H34N2O3Si/c1-20(2,3)26(5,6)25-17-10-11-22(13-17)14-18(21-4)15-8-7-9-16(12-15)19(23)24/h7-9,12,17-18,21H,10-11,13-14H2,1-6H3,(H,23,24)/t17?,18-/m1/s1. The van der Waals surface area contributed by atoms with Crippen LogP contribution in [0.1, 0.15) is 49.2 Å². The Morgan fingerprint density at radius 3 is 2.69 bits per heavy atom. The summed E-state index contributed by atoms with van der Waals surface area (Å²) in [5.41, 5.74) is 1.35. The first kappa shape index (κ1) is 21.1. The van der Waals surface area contributed by atoms with Crippen molar-refractivity contribution in [2.75, 3.05) is 26.7 Å². The molecule has 0 amide bonds. The van der Waals surface area contributed by atoms with Crippen LogP contribution in [0.5, 0.6) is 0 Å². The van der Waals surface area contributed by atoms with Crippen LogP contribution in [0.2, 0.25) is 18.1 Å². The minimum absolute atomic E-state index is 0.112. The number of likely N-dealkylation sites (tertiary alicyclic amines) is 1. The van der Waals surface area contributed by atoms with E-state index in [0.717, 1.165) is 31.6 Å². The highest BCUT2D eigenvalue weighted by atomic mass is 28.4. The number of nitrogens with one attached hydrogen (secondary N) is 1. The molecule has 0 spiro atoms. The van der Waals surface area contributed by atoms with E-state index in [-0.39, 0.29) is 11.1 Å². The lowest BCUT2D eigenvalue weighted by Gasteiger charge is -2.38. The molecule has 1 saturated heterocycles. The highest BCUT2D eigenvalue weighted by Gasteiger charge is 2.40. The Labute approximate surface area is 158 Å². The molecule has 1 aliphatic rings. The minimum atomic E-state index is -1.74. The summed E-state index contributed by atoms with van der Waals surface area (Å²) in [7, 11) is 0.189. The third kappa shape index (κ3) is 5.16. The van der Waals surface area contributed by atoms with Gasteiger partial charge in [0.05, 0.1) is 11.7 Å². The van der Waals surface area contributed by atoms with Crippen molar-refractivity contribution < 1.29 is 14.3 Å². The molecular formula is C20H34N2O3Si. The molecule has 146 valence electrons. The van der Waals surface area contributed by atoms with Gasteiger partial charge in [-0.1, -0.05) is 32.9 Å². The van der Waals surface area contributed by atoms with Crippen molar-refractivity contribution in [3.8, 4) is 0 Å². The van der Waals surface area contributed by atoms with E-state index < -0.39 is 14.3 Å². The van der Waals surface area contributed by atoms with Gasteiger partial charge in [0.1, 0.15) is 0 Å². The van der Waals surface area contributed by atoms with Gasteiger partial charge in [-0.15, -0.1) is 0 Å². The topological polar surface area (TPSA) is 61.8 Å². The predicted octanol–water partition coefficient (Wildman–Crippen LogP) is 3.74. The van der Waals surface area contributed by atoms with Crippen molar-refractivity contribution in [1.82, 2.24) is 10.2 Å². The van der Waals surface area contributed by atoms with E-state index >= 15 is 0 Å². The van der Waals surface area contributed by atoms with Gasteiger partial charge in [0.15, 0.2) is 8.32 Å². The van der Waals surface area contributed by atoms with Crippen LogP contribution in [-0.2, 0) is 4.43 Å². The average molecular weight is 379 g/mol. The molecule has 0 saturated carbocycles. The summed E-state index contributed by atoms with van der Waals surface area (Å²) in [4.78, 5) is 13.6. The van der Waals surface area contributed by atoms with E-state index in [2.05, 4.69) is 44.1 Å². The molecule has 1 unspecified atom stereocenters. The van der Waals surface area contributed by atoms with Crippen molar-refractivity contribution in [1.29, 1.82) is 0 Å². The van der Waals surface area contributed by atoms with Crippen molar-refractivity contribution in [2.45, 2.75) is 57.5 Å². The summed E-state index contributed by atoms with van der Waals surface area (Å²) in [6.45, 7) is 14.3. The van der Waals surface area contributed by atoms with Gasteiger partial charge in [-0.3, -0.25) is 4.90 Å². The molecule has 1 heterocycles. The molecule has 5 nitrogen and oxygen atoms in total. The number of hydrogen-bond acceptors (Lipinski definition) is 4. The van der Waals surface area contributed by atoms with Crippen LogP contribution in [0.25, 0.3) is 0 Å². The fourth-order valence-electron chi connectivity index (χ4n) is 3.16. The fourth-order valence-corrected chi connectivity index (χ4v) is 4.54. The Hall–Kier alpha value is -1.21. The van der Waals surface area contributed by atoms with Gasteiger partial charge in [-0.25, -0.2) is 4.79 Å². The monoisotopic (exact) mass is 378 g/mol. The van der Waals surface area contributed by atoms with Crippen LogP contribution in [0.15, 0.2) is 24.3 Å². The molecule has 1 aliphatic heterocycles. The second-order valence-corrected chi connectivity index (χ2v) is 13.6. The number of benzene rings is 1. The molecule has 6 heteroatoms. The maximum absolute atomic E-state index is 11.2. The van der Waals surface area contributed by atoms with Gasteiger partial charge >= 0.3 is 5.97 Å². The smallest absolute Gasteiger partial charge is 0.335 e. The van der Waals surface area contributed by atoms with Gasteiger partial charge in [0.25, 0.3) is 0 Å². The summed E-state index contributed by atoms with van der Waals surface area (Å²) in [5, 5.41) is 12.8. The number of carbonyl (C=O) groups is 1. The molecule has 0 aromatic heterocycles. The molecule has 0 radical (unpaired) electrons. The second kappa shape index (κ2) is 8.21. The summed E-state index contributed by atoms with van der Waals surface area (Å²) >= 11 is 0. The summed E-state index contributed by atoms with van der Waals surface area (Å²) in [6, 6.07) is 7.32. The van der Waals surface area contributed by atoms with Crippen molar-refractivity contribution in [2.24, 2.45) is 0 Å². The highest BCUT2D eigenvalue weighted by molar-refractivity contribution is 6.74. The number of rotatable bonds is 7. The number of carboxylic acids is 1. The highest BCUT2D eigenvalue weighted by Crippen LogP contribution is 2.38. The van der Waals surface area contributed by atoms with E-state index in [0.29, 0.717) is 11.7 Å². The Balaban J connectivity index is 1.98. The molecule has 2 N–H and O–H groups in total. The molecule has 26 heavy (non-hydrogen) atoms. The molecule has 1 fully saturated rings. The van der Waals surface area contributed by atoms with E-state index in [1.54, 1.807) is 12.1 Å². The molecule has 1 aromatic rings. The largest absolute Gasteiger partial charge is 0.478 e. The van der Waals surface area contributed by atoms with Crippen LogP contribution in [0, 0.1) is 0 Å². The first-order chi connectivity index (χ1) is 12.0. The lowest BCUT2D eigenvalue weighted by Crippen LogP contribution is -2.44. The zero-order chi connectivity index (χ0) is 19.5. The molecule has 2 atom stereocenters. The lowest BCUT2D eigenvalue weighted by molar-refractivity contribution is 0.0696. The van der Waals surface area contributed by atoms with Crippen molar-refractivity contribution in [3.05, 3.63) is 35.4 Å². The van der Waals surface area contributed by atoms with Gasteiger partial charge in [0.2, 0.25) is 0 Å². The fraction of sp³-hybridized carbons (Fsp3) is 0.650. The molecule has 2 rings (SSSR count). The van der Waals surface area contributed by atoms with Crippen LogP contribution >= 0.6 is 0 Å². The number of aromatic carboxylic acids is 1. The Morgan fingerprint density at radius 1 is 1.42 bits per heavy atom. The van der Waals surface area contributed by atoms with Gasteiger partial charge in [-0.2, -0.15) is 0 Å². The van der Waals surface area contributed by atoms with E-state index in [1.807, 2.05) is 19.2 Å². The zero-order valence-electron chi connectivity index (χ0n) is 17.0. The summed E-state index contributed by atoms with van der Waals surface area (Å²) in [5.74, 6) is -0.884. The maximum Gasteiger partial charge on any atom is 0.335 e. The third-order valence-corrected chi connectivity index (χ3v) is 10.4. The first-order valence-corrected chi connectivity index (χ1v) is 12.3. The molecule has 0 aliphatic carbocycles. The average Bonchev–Trinajstić information content (AvgIpc) is 2.98. The van der Waals surface area contributed by atoms with Gasteiger partial charge < -0.3 is 14.8 Å². The van der Waals surface area contributed by atoms with E-state index in [1.165, 1.54) is 0 Å². The quantitative estimate of drug-likeness (QED) is 0.708. The van der Waals surface area contributed by atoms with Crippen molar-refractivity contribution >= 4 is 14.3 Å². The SMILES string of the molecule is CN[C@H](CN1CCC(O[Si](C)(C)C(C)(C)C)C1)c1cccc(C(=O)O)c1. The summed E-state index contributed by atoms with van der Waals surface area (Å²) in [6.07, 6.45) is 1.37. The number of nitrogens with zero attached hydrogens (tertiary/aromatic N) is 1. The van der Waals surface area contributed by atoms with Gasteiger partial charge in [-0.05, 0) is 49.3 Å². The van der Waals surface area contributed by atoms with Crippen LogP contribution in [0.3, 0.4) is 0 Å². The van der Waals surface area contributed by atoms with Crippen LogP contribution < -0.4 is 5.32 Å².